The van der Waals surface area contributed by atoms with Gasteiger partial charge in [-0.15, -0.1) is 0 Å². The number of nitrogens with zero attached hydrogens (tertiary/aromatic N) is 4. The van der Waals surface area contributed by atoms with Crippen LogP contribution in [0.4, 0.5) is 5.13 Å². The Morgan fingerprint density at radius 3 is 2.94 bits per heavy atom. The first-order valence-electron chi connectivity index (χ1n) is 5.58. The minimum atomic E-state index is -0.175. The van der Waals surface area contributed by atoms with Gasteiger partial charge in [-0.3, -0.25) is 4.79 Å². The summed E-state index contributed by atoms with van der Waals surface area (Å²) >= 11 is 1.36. The fourth-order valence-electron chi connectivity index (χ4n) is 1.85. The summed E-state index contributed by atoms with van der Waals surface area (Å²) in [6.07, 6.45) is 0. The van der Waals surface area contributed by atoms with Gasteiger partial charge in [0, 0.05) is 45.3 Å². The summed E-state index contributed by atoms with van der Waals surface area (Å²) in [5, 5.41) is 4.08. The highest BCUT2D eigenvalue weighted by Crippen LogP contribution is 2.21. The van der Waals surface area contributed by atoms with E-state index in [1.54, 1.807) is 19.0 Å². The number of aryl methyl sites for hydroxylation is 1. The minimum absolute atomic E-state index is 0.102. The van der Waals surface area contributed by atoms with E-state index in [0.29, 0.717) is 6.54 Å². The summed E-state index contributed by atoms with van der Waals surface area (Å²) in [6.45, 7) is 4.19. The lowest BCUT2D eigenvalue weighted by Crippen LogP contribution is -2.57. The SMILES string of the molecule is Cc1nsc(N2CCNCC2C(=O)N(C)C)n1. The Hall–Kier alpha value is -1.21. The lowest BCUT2D eigenvalue weighted by atomic mass is 10.2. The van der Waals surface area contributed by atoms with Crippen LogP contribution in [0.25, 0.3) is 0 Å². The summed E-state index contributed by atoms with van der Waals surface area (Å²) in [5.74, 6) is 0.865. The summed E-state index contributed by atoms with van der Waals surface area (Å²) in [5.41, 5.74) is 0. The van der Waals surface area contributed by atoms with E-state index in [-0.39, 0.29) is 11.9 Å². The van der Waals surface area contributed by atoms with Gasteiger partial charge in [0.2, 0.25) is 11.0 Å². The van der Waals surface area contributed by atoms with Gasteiger partial charge in [0.25, 0.3) is 0 Å². The quantitative estimate of drug-likeness (QED) is 0.787. The Kier molecular flexibility index (Phi) is 3.58. The molecule has 2 rings (SSSR count). The number of aromatic nitrogens is 2. The molecule has 0 radical (unpaired) electrons. The van der Waals surface area contributed by atoms with Crippen LogP contribution in [-0.4, -0.2) is 59.9 Å². The highest BCUT2D eigenvalue weighted by molar-refractivity contribution is 7.09. The largest absolute Gasteiger partial charge is 0.347 e. The van der Waals surface area contributed by atoms with Crippen molar-refractivity contribution in [1.82, 2.24) is 19.6 Å². The van der Waals surface area contributed by atoms with Crippen molar-refractivity contribution in [1.29, 1.82) is 0 Å². The van der Waals surface area contributed by atoms with E-state index in [0.717, 1.165) is 24.0 Å². The summed E-state index contributed by atoms with van der Waals surface area (Å²) in [6, 6.07) is -0.175. The fourth-order valence-corrected chi connectivity index (χ4v) is 2.61. The van der Waals surface area contributed by atoms with Gasteiger partial charge in [-0.2, -0.15) is 4.37 Å². The zero-order valence-corrected chi connectivity index (χ0v) is 11.1. The van der Waals surface area contributed by atoms with Crippen molar-refractivity contribution < 1.29 is 4.79 Å². The van der Waals surface area contributed by atoms with Crippen molar-refractivity contribution >= 4 is 22.6 Å². The van der Waals surface area contributed by atoms with E-state index in [9.17, 15) is 4.79 Å². The molecule has 1 atom stereocenters. The lowest BCUT2D eigenvalue weighted by Gasteiger charge is -2.35. The molecule has 1 aromatic rings. The van der Waals surface area contributed by atoms with E-state index in [2.05, 4.69) is 14.7 Å². The van der Waals surface area contributed by atoms with Gasteiger partial charge in [0.1, 0.15) is 11.9 Å². The second-order valence-electron chi connectivity index (χ2n) is 4.27. The van der Waals surface area contributed by atoms with Crippen LogP contribution >= 0.6 is 11.5 Å². The number of carbonyl (C=O) groups excluding carboxylic acids is 1. The van der Waals surface area contributed by atoms with Crippen molar-refractivity contribution in [2.75, 3.05) is 38.6 Å². The zero-order chi connectivity index (χ0) is 12.4. The molecular formula is C10H17N5OS. The van der Waals surface area contributed by atoms with Crippen LogP contribution in [-0.2, 0) is 4.79 Å². The standard InChI is InChI=1S/C10H17N5OS/c1-7-12-10(17-13-7)15-5-4-11-6-8(15)9(16)14(2)3/h8,11H,4-6H2,1-3H3. The number of hydrogen-bond acceptors (Lipinski definition) is 6. The Labute approximate surface area is 105 Å². The topological polar surface area (TPSA) is 61.4 Å². The van der Waals surface area contributed by atoms with Crippen LogP contribution < -0.4 is 10.2 Å². The molecule has 1 aliphatic rings. The number of amides is 1. The zero-order valence-electron chi connectivity index (χ0n) is 10.3. The molecule has 1 fully saturated rings. The molecule has 1 aromatic heterocycles. The van der Waals surface area contributed by atoms with E-state index >= 15 is 0 Å². The third-order valence-corrected chi connectivity index (χ3v) is 3.58. The van der Waals surface area contributed by atoms with Crippen molar-refractivity contribution in [2.45, 2.75) is 13.0 Å². The molecule has 0 saturated carbocycles. The maximum absolute atomic E-state index is 12.1. The van der Waals surface area contributed by atoms with Crippen LogP contribution in [0.5, 0.6) is 0 Å². The van der Waals surface area contributed by atoms with Crippen LogP contribution in [0.1, 0.15) is 5.82 Å². The first kappa shape index (κ1) is 12.3. The van der Waals surface area contributed by atoms with Gasteiger partial charge in [-0.1, -0.05) is 0 Å². The van der Waals surface area contributed by atoms with E-state index in [4.69, 9.17) is 0 Å². The highest BCUT2D eigenvalue weighted by Gasteiger charge is 2.31. The molecule has 1 aliphatic heterocycles. The van der Waals surface area contributed by atoms with Gasteiger partial charge in [-0.05, 0) is 6.92 Å². The van der Waals surface area contributed by atoms with Gasteiger partial charge in [0.05, 0.1) is 0 Å². The van der Waals surface area contributed by atoms with E-state index in [1.165, 1.54) is 11.5 Å². The Balaban J connectivity index is 2.20. The van der Waals surface area contributed by atoms with Crippen molar-refractivity contribution in [3.8, 4) is 0 Å². The molecule has 0 bridgehead atoms. The number of rotatable bonds is 2. The van der Waals surface area contributed by atoms with Gasteiger partial charge < -0.3 is 15.1 Å². The monoisotopic (exact) mass is 255 g/mol. The first-order valence-corrected chi connectivity index (χ1v) is 6.36. The van der Waals surface area contributed by atoms with Crippen molar-refractivity contribution in [3.05, 3.63) is 5.82 Å². The molecule has 1 unspecified atom stereocenters. The van der Waals surface area contributed by atoms with Crippen LogP contribution in [0.15, 0.2) is 0 Å². The predicted molar refractivity (Wildman–Crippen MR) is 67.3 cm³/mol. The molecule has 0 aliphatic carbocycles. The van der Waals surface area contributed by atoms with Crippen molar-refractivity contribution in [3.63, 3.8) is 0 Å². The maximum atomic E-state index is 12.1. The third kappa shape index (κ3) is 2.55. The first-order chi connectivity index (χ1) is 8.09. The lowest BCUT2D eigenvalue weighted by molar-refractivity contribution is -0.130. The summed E-state index contributed by atoms with van der Waals surface area (Å²) in [4.78, 5) is 20.1. The molecule has 1 N–H and O–H groups in total. The predicted octanol–water partition coefficient (Wildman–Crippen LogP) is -0.287. The average molecular weight is 255 g/mol. The maximum Gasteiger partial charge on any atom is 0.246 e. The molecule has 17 heavy (non-hydrogen) atoms. The van der Waals surface area contributed by atoms with E-state index < -0.39 is 0 Å². The van der Waals surface area contributed by atoms with E-state index in [1.807, 2.05) is 11.8 Å². The molecule has 6 nitrogen and oxygen atoms in total. The number of hydrogen-bond donors (Lipinski definition) is 1. The minimum Gasteiger partial charge on any atom is -0.347 e. The fraction of sp³-hybridized carbons (Fsp3) is 0.700. The molecule has 7 heteroatoms. The van der Waals surface area contributed by atoms with Gasteiger partial charge in [0.15, 0.2) is 0 Å². The number of piperazine rings is 1. The normalized spacial score (nSPS) is 20.4. The molecule has 2 heterocycles. The summed E-state index contributed by atoms with van der Waals surface area (Å²) < 4.78 is 4.17. The molecule has 0 aromatic carbocycles. The number of carbonyl (C=O) groups is 1. The Morgan fingerprint density at radius 2 is 2.35 bits per heavy atom. The summed E-state index contributed by atoms with van der Waals surface area (Å²) in [7, 11) is 3.56. The Bertz CT molecular complexity index is 405. The van der Waals surface area contributed by atoms with Gasteiger partial charge in [-0.25, -0.2) is 4.98 Å². The highest BCUT2D eigenvalue weighted by atomic mass is 32.1. The van der Waals surface area contributed by atoms with Crippen molar-refractivity contribution in [2.24, 2.45) is 0 Å². The second kappa shape index (κ2) is 4.97. The number of likely N-dealkylation sites (N-methyl/N-ethyl adjacent to an activating group) is 1. The number of nitrogens with one attached hydrogen (secondary N) is 1. The smallest absolute Gasteiger partial charge is 0.246 e. The molecule has 1 saturated heterocycles. The average Bonchev–Trinajstić information content (AvgIpc) is 2.74. The molecule has 94 valence electrons. The third-order valence-electron chi connectivity index (χ3n) is 2.73. The van der Waals surface area contributed by atoms with Crippen LogP contribution in [0.3, 0.4) is 0 Å². The Morgan fingerprint density at radius 1 is 1.59 bits per heavy atom. The van der Waals surface area contributed by atoms with Crippen LogP contribution in [0.2, 0.25) is 0 Å². The molecule has 0 spiro atoms. The van der Waals surface area contributed by atoms with Crippen LogP contribution in [0, 0.1) is 6.92 Å². The number of anilines is 1. The molecular weight excluding hydrogens is 238 g/mol. The molecule has 1 amide bonds. The second-order valence-corrected chi connectivity index (χ2v) is 5.00. The van der Waals surface area contributed by atoms with Gasteiger partial charge >= 0.3 is 0 Å².